The van der Waals surface area contributed by atoms with E-state index in [0.29, 0.717) is 13.1 Å². The third-order valence-corrected chi connectivity index (χ3v) is 3.05. The first-order chi connectivity index (χ1) is 9.81. The Bertz CT molecular complexity index is 412. The molecule has 1 unspecified atom stereocenters. The van der Waals surface area contributed by atoms with Gasteiger partial charge in [0.05, 0.1) is 12.5 Å². The van der Waals surface area contributed by atoms with Crippen molar-refractivity contribution in [2.45, 2.75) is 45.4 Å². The van der Waals surface area contributed by atoms with E-state index in [1.807, 2.05) is 33.9 Å². The van der Waals surface area contributed by atoms with E-state index < -0.39 is 11.7 Å². The van der Waals surface area contributed by atoms with Crippen LogP contribution in [0.5, 0.6) is 0 Å². The predicted octanol–water partition coefficient (Wildman–Crippen LogP) is 1.95. The monoisotopic (exact) mass is 297 g/mol. The van der Waals surface area contributed by atoms with Crippen molar-refractivity contribution < 1.29 is 13.9 Å². The zero-order valence-corrected chi connectivity index (χ0v) is 13.4. The van der Waals surface area contributed by atoms with Crippen molar-refractivity contribution in [2.24, 2.45) is 5.73 Å². The third kappa shape index (κ3) is 7.15. The first-order valence-corrected chi connectivity index (χ1v) is 7.20. The molecule has 0 aliphatic heterocycles. The summed E-state index contributed by atoms with van der Waals surface area (Å²) < 4.78 is 10.2. The van der Waals surface area contributed by atoms with Crippen LogP contribution in [0.4, 0.5) is 4.79 Å². The van der Waals surface area contributed by atoms with Crippen LogP contribution in [0.25, 0.3) is 0 Å². The molecule has 3 N–H and O–H groups in total. The number of carbonyl (C=O) groups is 1. The Kier molecular flexibility index (Phi) is 6.71. The summed E-state index contributed by atoms with van der Waals surface area (Å²) in [4.78, 5) is 13.7. The van der Waals surface area contributed by atoms with E-state index in [1.165, 1.54) is 0 Å². The maximum atomic E-state index is 11.6. The van der Waals surface area contributed by atoms with Crippen molar-refractivity contribution in [1.82, 2.24) is 10.2 Å². The topological polar surface area (TPSA) is 80.7 Å². The summed E-state index contributed by atoms with van der Waals surface area (Å²) in [6.07, 6.45) is 3.76. The molecule has 1 rings (SSSR count). The van der Waals surface area contributed by atoms with Crippen LogP contribution in [-0.2, 0) is 11.3 Å². The molecule has 21 heavy (non-hydrogen) atoms. The second-order valence-electron chi connectivity index (χ2n) is 6.15. The molecule has 0 bridgehead atoms. The van der Waals surface area contributed by atoms with E-state index in [2.05, 4.69) is 10.2 Å². The fraction of sp³-hybridized carbons (Fsp3) is 0.667. The fourth-order valence-corrected chi connectivity index (χ4v) is 1.97. The van der Waals surface area contributed by atoms with Crippen LogP contribution in [0.3, 0.4) is 0 Å². The molecular formula is C15H27N3O3. The molecule has 0 saturated heterocycles. The molecule has 0 aliphatic carbocycles. The summed E-state index contributed by atoms with van der Waals surface area (Å²) in [6.45, 7) is 7.36. The Morgan fingerprint density at radius 2 is 2.24 bits per heavy atom. The first kappa shape index (κ1) is 17.5. The number of carbonyl (C=O) groups excluding carboxylic acids is 1. The highest BCUT2D eigenvalue weighted by molar-refractivity contribution is 5.67. The van der Waals surface area contributed by atoms with Crippen LogP contribution < -0.4 is 11.1 Å². The predicted molar refractivity (Wildman–Crippen MR) is 81.9 cm³/mol. The summed E-state index contributed by atoms with van der Waals surface area (Å²) in [5.74, 6) is 0. The van der Waals surface area contributed by atoms with Gasteiger partial charge in [0.15, 0.2) is 0 Å². The highest BCUT2D eigenvalue weighted by atomic mass is 16.6. The number of nitrogens with zero attached hydrogens (tertiary/aromatic N) is 1. The lowest BCUT2D eigenvalue weighted by Crippen LogP contribution is -2.41. The molecule has 0 aromatic carbocycles. The summed E-state index contributed by atoms with van der Waals surface area (Å²) in [5, 5.41) is 2.76. The van der Waals surface area contributed by atoms with Crippen molar-refractivity contribution in [2.75, 3.05) is 20.1 Å². The largest absolute Gasteiger partial charge is 0.472 e. The number of likely N-dealkylation sites (N-methyl/N-ethyl adjacent to an activating group) is 1. The first-order valence-electron chi connectivity index (χ1n) is 7.20. The maximum absolute atomic E-state index is 11.6. The van der Waals surface area contributed by atoms with Crippen LogP contribution in [0.15, 0.2) is 23.0 Å². The second-order valence-corrected chi connectivity index (χ2v) is 6.15. The lowest BCUT2D eigenvalue weighted by atomic mass is 10.1. The van der Waals surface area contributed by atoms with Crippen LogP contribution in [0.1, 0.15) is 32.8 Å². The molecule has 6 nitrogen and oxygen atoms in total. The normalized spacial score (nSPS) is 13.2. The van der Waals surface area contributed by atoms with Gasteiger partial charge in [-0.15, -0.1) is 0 Å². The quantitative estimate of drug-likeness (QED) is 0.804. The van der Waals surface area contributed by atoms with Crippen molar-refractivity contribution in [3.8, 4) is 0 Å². The van der Waals surface area contributed by atoms with Crippen molar-refractivity contribution in [3.63, 3.8) is 0 Å². The molecule has 1 heterocycles. The van der Waals surface area contributed by atoms with Crippen LogP contribution >= 0.6 is 0 Å². The Hall–Kier alpha value is -1.53. The standard InChI is InChI=1S/C15H27N3O3/c1-15(2,3)21-14(19)17-7-5-13(9-16)18(4)10-12-6-8-20-11-12/h6,8,11,13H,5,7,9-10,16H2,1-4H3,(H,17,19). The minimum Gasteiger partial charge on any atom is -0.472 e. The molecule has 120 valence electrons. The van der Waals surface area contributed by atoms with Gasteiger partial charge in [-0.05, 0) is 40.3 Å². The molecular weight excluding hydrogens is 270 g/mol. The Morgan fingerprint density at radius 1 is 1.52 bits per heavy atom. The number of furan rings is 1. The van der Waals surface area contributed by atoms with E-state index in [4.69, 9.17) is 14.9 Å². The van der Waals surface area contributed by atoms with Crippen LogP contribution in [0, 0.1) is 0 Å². The van der Waals surface area contributed by atoms with E-state index in [0.717, 1.165) is 18.5 Å². The number of ether oxygens (including phenoxy) is 1. The van der Waals surface area contributed by atoms with Gasteiger partial charge in [-0.1, -0.05) is 0 Å². The SMILES string of the molecule is CN(Cc1ccoc1)C(CN)CCNC(=O)OC(C)(C)C. The summed E-state index contributed by atoms with van der Waals surface area (Å²) in [7, 11) is 2.01. The molecule has 0 saturated carbocycles. The number of rotatable bonds is 7. The molecule has 0 aliphatic rings. The molecule has 1 aromatic rings. The highest BCUT2D eigenvalue weighted by Gasteiger charge is 2.17. The number of nitrogens with two attached hydrogens (primary N) is 1. The second kappa shape index (κ2) is 8.05. The van der Waals surface area contributed by atoms with Crippen LogP contribution in [0.2, 0.25) is 0 Å². The summed E-state index contributed by atoms with van der Waals surface area (Å²) in [6, 6.07) is 2.12. The molecule has 0 radical (unpaired) electrons. The van der Waals surface area contributed by atoms with E-state index in [-0.39, 0.29) is 6.04 Å². The third-order valence-electron chi connectivity index (χ3n) is 3.05. The minimum atomic E-state index is -0.477. The van der Waals surface area contributed by atoms with Crippen molar-refractivity contribution >= 4 is 6.09 Å². The van der Waals surface area contributed by atoms with Gasteiger partial charge in [0.1, 0.15) is 5.60 Å². The Morgan fingerprint density at radius 3 is 2.76 bits per heavy atom. The van der Waals surface area contributed by atoms with Gasteiger partial charge in [0, 0.05) is 31.2 Å². The van der Waals surface area contributed by atoms with Gasteiger partial charge in [0.2, 0.25) is 0 Å². The molecule has 1 atom stereocenters. The van der Waals surface area contributed by atoms with Crippen molar-refractivity contribution in [1.29, 1.82) is 0 Å². The number of amides is 1. The van der Waals surface area contributed by atoms with Crippen LogP contribution in [-0.4, -0.2) is 42.8 Å². The minimum absolute atomic E-state index is 0.190. The zero-order valence-electron chi connectivity index (χ0n) is 13.4. The van der Waals surface area contributed by atoms with E-state index >= 15 is 0 Å². The highest BCUT2D eigenvalue weighted by Crippen LogP contribution is 2.09. The molecule has 0 spiro atoms. The fourth-order valence-electron chi connectivity index (χ4n) is 1.97. The number of nitrogens with one attached hydrogen (secondary N) is 1. The maximum Gasteiger partial charge on any atom is 0.407 e. The number of hydrogen-bond donors (Lipinski definition) is 2. The van der Waals surface area contributed by atoms with Gasteiger partial charge in [0.25, 0.3) is 0 Å². The lowest BCUT2D eigenvalue weighted by molar-refractivity contribution is 0.0522. The van der Waals surface area contributed by atoms with Crippen molar-refractivity contribution in [3.05, 3.63) is 24.2 Å². The average molecular weight is 297 g/mol. The smallest absolute Gasteiger partial charge is 0.407 e. The molecule has 6 heteroatoms. The Balaban J connectivity index is 2.32. The van der Waals surface area contributed by atoms with Gasteiger partial charge in [-0.25, -0.2) is 4.79 Å². The lowest BCUT2D eigenvalue weighted by Gasteiger charge is -2.27. The van der Waals surface area contributed by atoms with Gasteiger partial charge in [-0.3, -0.25) is 4.90 Å². The number of alkyl carbamates (subject to hydrolysis) is 1. The molecule has 1 aromatic heterocycles. The summed E-state index contributed by atoms with van der Waals surface area (Å²) in [5.41, 5.74) is 6.44. The van der Waals surface area contributed by atoms with E-state index in [9.17, 15) is 4.79 Å². The van der Waals surface area contributed by atoms with Gasteiger partial charge >= 0.3 is 6.09 Å². The zero-order chi connectivity index (χ0) is 15.9. The molecule has 0 fully saturated rings. The Labute approximate surface area is 126 Å². The average Bonchev–Trinajstić information content (AvgIpc) is 2.85. The molecule has 1 amide bonds. The van der Waals surface area contributed by atoms with E-state index in [1.54, 1.807) is 12.5 Å². The van der Waals surface area contributed by atoms with Gasteiger partial charge in [-0.2, -0.15) is 0 Å². The summed E-state index contributed by atoms with van der Waals surface area (Å²) >= 11 is 0. The number of hydrogen-bond acceptors (Lipinski definition) is 5. The van der Waals surface area contributed by atoms with Gasteiger partial charge < -0.3 is 20.2 Å².